The molecule has 0 saturated heterocycles. The second-order valence-corrected chi connectivity index (χ2v) is 7.60. The highest BCUT2D eigenvalue weighted by atomic mass is 35.5. The summed E-state index contributed by atoms with van der Waals surface area (Å²) < 4.78 is 20.2. The SMILES string of the molecule is CC(OC(=O)Cn1c2ccccc2c(=O)c2ccccc21)C(=O)Nc1ccc(F)cc1Cl. The van der Waals surface area contributed by atoms with Crippen molar-refractivity contribution in [3.63, 3.8) is 0 Å². The molecule has 4 aromatic rings. The number of para-hydroxylation sites is 2. The Kier molecular flexibility index (Phi) is 5.92. The fraction of sp³-hybridized carbons (Fsp3) is 0.125. The highest BCUT2D eigenvalue weighted by Crippen LogP contribution is 2.23. The summed E-state index contributed by atoms with van der Waals surface area (Å²) in [5.41, 5.74) is 1.26. The predicted octanol–water partition coefficient (Wildman–Crippen LogP) is 4.52. The van der Waals surface area contributed by atoms with E-state index in [0.29, 0.717) is 21.8 Å². The monoisotopic (exact) mass is 452 g/mol. The van der Waals surface area contributed by atoms with Gasteiger partial charge >= 0.3 is 5.97 Å². The van der Waals surface area contributed by atoms with E-state index in [1.54, 1.807) is 53.1 Å². The number of rotatable bonds is 5. The first-order valence-electron chi connectivity index (χ1n) is 9.81. The fourth-order valence-corrected chi connectivity index (χ4v) is 3.70. The smallest absolute Gasteiger partial charge is 0.326 e. The first kappa shape index (κ1) is 21.5. The summed E-state index contributed by atoms with van der Waals surface area (Å²) in [4.78, 5) is 37.9. The molecular weight excluding hydrogens is 435 g/mol. The number of nitrogens with one attached hydrogen (secondary N) is 1. The highest BCUT2D eigenvalue weighted by Gasteiger charge is 2.20. The van der Waals surface area contributed by atoms with Crippen LogP contribution < -0.4 is 10.7 Å². The van der Waals surface area contributed by atoms with Crippen LogP contribution in [0.1, 0.15) is 6.92 Å². The van der Waals surface area contributed by atoms with Crippen LogP contribution >= 0.6 is 11.6 Å². The summed E-state index contributed by atoms with van der Waals surface area (Å²) >= 11 is 5.92. The van der Waals surface area contributed by atoms with Gasteiger partial charge in [-0.05, 0) is 49.4 Å². The lowest BCUT2D eigenvalue weighted by Gasteiger charge is -2.17. The van der Waals surface area contributed by atoms with E-state index < -0.39 is 23.8 Å². The van der Waals surface area contributed by atoms with Crippen molar-refractivity contribution in [3.8, 4) is 0 Å². The van der Waals surface area contributed by atoms with Crippen LogP contribution in [-0.4, -0.2) is 22.5 Å². The van der Waals surface area contributed by atoms with Crippen LogP contribution in [-0.2, 0) is 20.9 Å². The Morgan fingerprint density at radius 2 is 1.62 bits per heavy atom. The van der Waals surface area contributed by atoms with Gasteiger partial charge in [0.05, 0.1) is 21.7 Å². The minimum atomic E-state index is -1.12. The maximum absolute atomic E-state index is 13.2. The van der Waals surface area contributed by atoms with E-state index in [1.807, 2.05) is 0 Å². The maximum atomic E-state index is 13.2. The van der Waals surface area contributed by atoms with Crippen molar-refractivity contribution in [2.24, 2.45) is 0 Å². The number of anilines is 1. The lowest BCUT2D eigenvalue weighted by atomic mass is 10.1. The van der Waals surface area contributed by atoms with Crippen molar-refractivity contribution in [2.75, 3.05) is 5.32 Å². The second-order valence-electron chi connectivity index (χ2n) is 7.20. The zero-order valence-electron chi connectivity index (χ0n) is 17.0. The first-order valence-corrected chi connectivity index (χ1v) is 10.2. The number of hydrogen-bond donors (Lipinski definition) is 1. The van der Waals surface area contributed by atoms with Gasteiger partial charge in [0, 0.05) is 10.8 Å². The molecule has 0 bridgehead atoms. The lowest BCUT2D eigenvalue weighted by molar-refractivity contribution is -0.153. The van der Waals surface area contributed by atoms with Crippen LogP contribution in [0.15, 0.2) is 71.5 Å². The third kappa shape index (κ3) is 4.20. The second kappa shape index (κ2) is 8.80. The van der Waals surface area contributed by atoms with Crippen molar-refractivity contribution < 1.29 is 18.7 Å². The van der Waals surface area contributed by atoms with Gasteiger partial charge in [-0.1, -0.05) is 35.9 Å². The number of amides is 1. The number of hydrogen-bond acceptors (Lipinski definition) is 4. The van der Waals surface area contributed by atoms with E-state index in [4.69, 9.17) is 16.3 Å². The van der Waals surface area contributed by atoms with Gasteiger partial charge in [-0.25, -0.2) is 4.39 Å². The van der Waals surface area contributed by atoms with Crippen LogP contribution in [0.4, 0.5) is 10.1 Å². The molecule has 1 aromatic heterocycles. The summed E-state index contributed by atoms with van der Waals surface area (Å²) in [6.07, 6.45) is -1.12. The molecule has 0 aliphatic heterocycles. The summed E-state index contributed by atoms with van der Waals surface area (Å²) in [5.74, 6) is -1.80. The van der Waals surface area contributed by atoms with E-state index in [0.717, 1.165) is 12.1 Å². The van der Waals surface area contributed by atoms with Crippen molar-refractivity contribution in [1.29, 1.82) is 0 Å². The molecule has 1 N–H and O–H groups in total. The fourth-order valence-electron chi connectivity index (χ4n) is 3.49. The predicted molar refractivity (Wildman–Crippen MR) is 121 cm³/mol. The molecule has 32 heavy (non-hydrogen) atoms. The standard InChI is InChI=1S/C24H18ClFN2O4/c1-14(24(31)27-19-11-10-15(26)12-18(19)25)32-22(29)13-28-20-8-4-2-6-16(20)23(30)17-7-3-5-9-21(17)28/h2-12,14H,13H2,1H3,(H,27,31). The minimum Gasteiger partial charge on any atom is -0.451 e. The van der Waals surface area contributed by atoms with E-state index in [1.165, 1.54) is 13.0 Å². The minimum absolute atomic E-state index is 0.0306. The Hall–Kier alpha value is -3.71. The number of nitrogens with zero attached hydrogens (tertiary/aromatic N) is 1. The van der Waals surface area contributed by atoms with Gasteiger partial charge in [-0.15, -0.1) is 0 Å². The Morgan fingerprint density at radius 3 is 2.22 bits per heavy atom. The van der Waals surface area contributed by atoms with E-state index in [2.05, 4.69) is 5.32 Å². The number of aromatic nitrogens is 1. The summed E-state index contributed by atoms with van der Waals surface area (Å²) in [7, 11) is 0. The average Bonchev–Trinajstić information content (AvgIpc) is 2.78. The van der Waals surface area contributed by atoms with Crippen LogP contribution in [0, 0.1) is 5.82 Å². The summed E-state index contributed by atoms with van der Waals surface area (Å²) in [5, 5.41) is 3.51. The summed E-state index contributed by atoms with van der Waals surface area (Å²) in [6, 6.07) is 17.5. The molecule has 162 valence electrons. The van der Waals surface area contributed by atoms with E-state index in [9.17, 15) is 18.8 Å². The third-order valence-electron chi connectivity index (χ3n) is 5.03. The molecule has 1 heterocycles. The van der Waals surface area contributed by atoms with Crippen molar-refractivity contribution in [2.45, 2.75) is 19.6 Å². The molecule has 8 heteroatoms. The number of esters is 1. The van der Waals surface area contributed by atoms with Crippen LogP contribution in [0.2, 0.25) is 5.02 Å². The molecule has 6 nitrogen and oxygen atoms in total. The maximum Gasteiger partial charge on any atom is 0.326 e. The van der Waals surface area contributed by atoms with E-state index in [-0.39, 0.29) is 22.7 Å². The van der Waals surface area contributed by atoms with Crippen LogP contribution in [0.25, 0.3) is 21.8 Å². The summed E-state index contributed by atoms with van der Waals surface area (Å²) in [6.45, 7) is 1.22. The third-order valence-corrected chi connectivity index (χ3v) is 5.35. The number of halogens is 2. The Bertz CT molecular complexity index is 1360. The molecule has 0 fully saturated rings. The quantitative estimate of drug-likeness (QED) is 0.357. The average molecular weight is 453 g/mol. The van der Waals surface area contributed by atoms with Gasteiger partial charge in [0.15, 0.2) is 11.5 Å². The number of benzene rings is 3. The number of pyridine rings is 1. The van der Waals surface area contributed by atoms with Crippen molar-refractivity contribution in [1.82, 2.24) is 4.57 Å². The molecule has 1 atom stereocenters. The van der Waals surface area contributed by atoms with Gasteiger partial charge in [0.1, 0.15) is 12.4 Å². The van der Waals surface area contributed by atoms with Crippen molar-refractivity contribution in [3.05, 3.63) is 87.8 Å². The van der Waals surface area contributed by atoms with Gasteiger partial charge in [-0.2, -0.15) is 0 Å². The zero-order valence-corrected chi connectivity index (χ0v) is 17.7. The van der Waals surface area contributed by atoms with Gasteiger partial charge in [-0.3, -0.25) is 14.4 Å². The molecule has 1 amide bonds. The Labute approximate surface area is 187 Å². The topological polar surface area (TPSA) is 77.4 Å². The lowest BCUT2D eigenvalue weighted by Crippen LogP contribution is -2.31. The largest absolute Gasteiger partial charge is 0.451 e. The highest BCUT2D eigenvalue weighted by molar-refractivity contribution is 6.33. The van der Waals surface area contributed by atoms with Crippen LogP contribution in [0.5, 0.6) is 0 Å². The van der Waals surface area contributed by atoms with E-state index >= 15 is 0 Å². The van der Waals surface area contributed by atoms with Crippen LogP contribution in [0.3, 0.4) is 0 Å². The first-order chi connectivity index (χ1) is 15.3. The number of ether oxygens (including phenoxy) is 1. The van der Waals surface area contributed by atoms with Gasteiger partial charge in [0.25, 0.3) is 5.91 Å². The van der Waals surface area contributed by atoms with Gasteiger partial charge in [0.2, 0.25) is 0 Å². The Balaban J connectivity index is 1.57. The van der Waals surface area contributed by atoms with Gasteiger partial charge < -0.3 is 14.6 Å². The molecule has 0 saturated carbocycles. The van der Waals surface area contributed by atoms with Crippen molar-refractivity contribution >= 4 is 51.0 Å². The number of carbonyl (C=O) groups excluding carboxylic acids is 2. The Morgan fingerprint density at radius 1 is 1.03 bits per heavy atom. The molecule has 0 radical (unpaired) electrons. The molecule has 3 aromatic carbocycles. The molecule has 0 aliphatic carbocycles. The zero-order chi connectivity index (χ0) is 22.8. The molecule has 0 spiro atoms. The molecule has 0 aliphatic rings. The molecule has 4 rings (SSSR count). The number of carbonyl (C=O) groups is 2. The normalized spacial score (nSPS) is 12.0. The molecular formula is C24H18ClFN2O4. The molecule has 1 unspecified atom stereocenters. The number of fused-ring (bicyclic) bond motifs is 2.